The number of ether oxygens (including phenoxy) is 2. The summed E-state index contributed by atoms with van der Waals surface area (Å²) in [5.74, 6) is 2.94. The van der Waals surface area contributed by atoms with Gasteiger partial charge in [-0.15, -0.1) is 0 Å². The van der Waals surface area contributed by atoms with Gasteiger partial charge in [0, 0.05) is 6.10 Å². The first-order valence-electron chi connectivity index (χ1n) is 22.7. The second kappa shape index (κ2) is 17.3. The average Bonchev–Trinajstić information content (AvgIpc) is 3.57. The summed E-state index contributed by atoms with van der Waals surface area (Å²) in [6, 6.07) is 32.9. The van der Waals surface area contributed by atoms with E-state index in [2.05, 4.69) is 146 Å². The molecule has 4 aliphatic rings. The van der Waals surface area contributed by atoms with Crippen molar-refractivity contribution in [3.8, 4) is 0 Å². The molecule has 0 amide bonds. The molecule has 0 aromatic heterocycles. The van der Waals surface area contributed by atoms with Crippen LogP contribution in [-0.4, -0.2) is 33.1 Å². The van der Waals surface area contributed by atoms with Gasteiger partial charge in [0.25, 0.3) is 8.32 Å². The molecule has 10 atom stereocenters. The number of hydrogen-bond acceptors (Lipinski definition) is 4. The molecule has 3 aromatic rings. The summed E-state index contributed by atoms with van der Waals surface area (Å²) in [6.45, 7) is 20.0. The van der Waals surface area contributed by atoms with E-state index in [1.165, 1.54) is 54.5 Å². The lowest BCUT2D eigenvalue weighted by Crippen LogP contribution is -2.68. The van der Waals surface area contributed by atoms with Crippen LogP contribution in [0.4, 0.5) is 0 Å². The molecule has 5 heteroatoms. The van der Waals surface area contributed by atoms with Crippen molar-refractivity contribution in [2.24, 2.45) is 46.3 Å². The fourth-order valence-corrected chi connectivity index (χ4v) is 17.7. The summed E-state index contributed by atoms with van der Waals surface area (Å²) in [5, 5.41) is 2.74. The Bertz CT molecular complexity index is 1760. The summed E-state index contributed by atoms with van der Waals surface area (Å²) >= 11 is 0. The zero-order valence-corrected chi connectivity index (χ0v) is 37.5. The van der Waals surface area contributed by atoms with Gasteiger partial charge in [-0.1, -0.05) is 151 Å². The second-order valence-corrected chi connectivity index (χ2v) is 24.2. The predicted octanol–water partition coefficient (Wildman–Crippen LogP) is 11.7. The van der Waals surface area contributed by atoms with Crippen LogP contribution in [0.2, 0.25) is 5.04 Å². The maximum absolute atomic E-state index is 13.1. The summed E-state index contributed by atoms with van der Waals surface area (Å²) in [5.41, 5.74) is 3.41. The van der Waals surface area contributed by atoms with Gasteiger partial charge in [0.05, 0.1) is 25.2 Å². The number of fused-ring (bicyclic) bond motifs is 5. The maximum atomic E-state index is 13.1. The number of benzene rings is 3. The molecule has 4 aliphatic carbocycles. The molecule has 7 rings (SSSR count). The SMILES string of the molecule is CCOC(=O)[C@@H](CC)C[C@@H](OCc1ccccc1)[C@@H](C)[C@H]1CC[C@H]2[C@@H]3CC=C4C[C@@H](O[Si](c5ccccc5)(c5ccccc5)C(C)(C)C)CC[C@]4(C)[C@H]3CC[C@]12C. The lowest BCUT2D eigenvalue weighted by atomic mass is 9.47. The van der Waals surface area contributed by atoms with Crippen LogP contribution in [0.15, 0.2) is 103 Å². The van der Waals surface area contributed by atoms with E-state index in [4.69, 9.17) is 13.9 Å². The van der Waals surface area contributed by atoms with Crippen molar-refractivity contribution in [2.45, 2.75) is 143 Å². The number of esters is 1. The largest absolute Gasteiger partial charge is 0.466 e. The topological polar surface area (TPSA) is 44.8 Å². The second-order valence-electron chi connectivity index (χ2n) is 19.9. The van der Waals surface area contributed by atoms with Crippen LogP contribution in [0.1, 0.15) is 125 Å². The highest BCUT2D eigenvalue weighted by molar-refractivity contribution is 6.99. The molecule has 4 nitrogen and oxygen atoms in total. The highest BCUT2D eigenvalue weighted by atomic mass is 28.4. The summed E-state index contributed by atoms with van der Waals surface area (Å²) in [6.07, 6.45) is 14.2. The van der Waals surface area contributed by atoms with E-state index in [1.807, 2.05) is 6.92 Å². The summed E-state index contributed by atoms with van der Waals surface area (Å²) in [7, 11) is -2.62. The van der Waals surface area contributed by atoms with E-state index in [9.17, 15) is 4.79 Å². The Labute approximate surface area is 346 Å². The molecule has 0 heterocycles. The fraction of sp³-hybridized carbons (Fsp3) is 0.596. The van der Waals surface area contributed by atoms with Crippen LogP contribution in [0.3, 0.4) is 0 Å². The number of allylic oxidation sites excluding steroid dienone is 1. The zero-order valence-electron chi connectivity index (χ0n) is 36.5. The monoisotopic (exact) mass is 789 g/mol. The summed E-state index contributed by atoms with van der Waals surface area (Å²) < 4.78 is 20.2. The third-order valence-corrected chi connectivity index (χ3v) is 21.1. The lowest BCUT2D eigenvalue weighted by Gasteiger charge is -2.59. The molecular weight excluding hydrogens is 717 g/mol. The highest BCUT2D eigenvalue weighted by Gasteiger charge is 2.60. The molecule has 3 aromatic carbocycles. The molecule has 308 valence electrons. The van der Waals surface area contributed by atoms with E-state index >= 15 is 0 Å². The van der Waals surface area contributed by atoms with Gasteiger partial charge in [0.15, 0.2) is 0 Å². The third kappa shape index (κ3) is 8.04. The number of hydrogen-bond donors (Lipinski definition) is 0. The van der Waals surface area contributed by atoms with Gasteiger partial charge in [-0.25, -0.2) is 0 Å². The number of rotatable bonds is 14. The Hall–Kier alpha value is -2.99. The van der Waals surface area contributed by atoms with Crippen LogP contribution in [-0.2, 0) is 25.3 Å². The molecule has 0 N–H and O–H groups in total. The molecular formula is C52H72O4Si. The smallest absolute Gasteiger partial charge is 0.309 e. The average molecular weight is 789 g/mol. The van der Waals surface area contributed by atoms with Crippen molar-refractivity contribution in [1.29, 1.82) is 0 Å². The standard InChI is InChI=1S/C52H72O4Si/c1-9-39(49(53)54-10-2)34-48(55-36-38-20-14-11-15-21-38)37(3)45-28-29-46-44-27-26-40-35-41(30-32-51(40,7)47(44)31-33-52(45,46)8)56-57(50(4,5)6,42-22-16-12-17-23-42)43-24-18-13-19-25-43/h11-26,37,39,41,44-48H,9-10,27-36H2,1-8H3/t37-,39-,41-,44-,45+,46-,47-,48+,51-,52+/m0/s1. The molecule has 57 heavy (non-hydrogen) atoms. The Kier molecular flexibility index (Phi) is 12.8. The van der Waals surface area contributed by atoms with Gasteiger partial charge in [-0.2, -0.15) is 0 Å². The van der Waals surface area contributed by atoms with Gasteiger partial charge in [0.1, 0.15) is 0 Å². The van der Waals surface area contributed by atoms with Crippen molar-refractivity contribution in [3.05, 3.63) is 108 Å². The third-order valence-electron chi connectivity index (χ3n) is 16.0. The van der Waals surface area contributed by atoms with Gasteiger partial charge < -0.3 is 13.9 Å². The first kappa shape index (κ1) is 42.1. The lowest BCUT2D eigenvalue weighted by molar-refractivity contribution is -0.151. The van der Waals surface area contributed by atoms with Gasteiger partial charge >= 0.3 is 5.97 Å². The first-order valence-corrected chi connectivity index (χ1v) is 24.6. The van der Waals surface area contributed by atoms with Crippen LogP contribution in [0.25, 0.3) is 0 Å². The Morgan fingerprint density at radius 3 is 2.05 bits per heavy atom. The fourth-order valence-electron chi connectivity index (χ4n) is 13.0. The van der Waals surface area contributed by atoms with Gasteiger partial charge in [-0.3, -0.25) is 4.79 Å². The van der Waals surface area contributed by atoms with E-state index in [1.54, 1.807) is 5.57 Å². The summed E-state index contributed by atoms with van der Waals surface area (Å²) in [4.78, 5) is 13.1. The Balaban J connectivity index is 1.10. The van der Waals surface area contributed by atoms with E-state index in [-0.39, 0.29) is 40.0 Å². The highest BCUT2D eigenvalue weighted by Crippen LogP contribution is 2.67. The van der Waals surface area contributed by atoms with Crippen molar-refractivity contribution in [2.75, 3.05) is 6.61 Å². The Morgan fingerprint density at radius 2 is 1.46 bits per heavy atom. The molecule has 0 saturated heterocycles. The van der Waals surface area contributed by atoms with Crippen LogP contribution in [0, 0.1) is 46.3 Å². The number of carbonyl (C=O) groups is 1. The predicted molar refractivity (Wildman–Crippen MR) is 237 cm³/mol. The van der Waals surface area contributed by atoms with Gasteiger partial charge in [-0.05, 0) is 133 Å². The quantitative estimate of drug-likeness (QED) is 0.0927. The van der Waals surface area contributed by atoms with E-state index in [0.29, 0.717) is 25.0 Å². The molecule has 3 saturated carbocycles. The zero-order chi connectivity index (χ0) is 40.4. The van der Waals surface area contributed by atoms with Gasteiger partial charge in [0.2, 0.25) is 0 Å². The molecule has 3 fully saturated rings. The minimum Gasteiger partial charge on any atom is -0.466 e. The van der Waals surface area contributed by atoms with Crippen molar-refractivity contribution in [3.63, 3.8) is 0 Å². The Morgan fingerprint density at radius 1 is 0.825 bits per heavy atom. The van der Waals surface area contributed by atoms with Crippen molar-refractivity contribution < 1.29 is 18.7 Å². The molecule has 0 radical (unpaired) electrons. The minimum atomic E-state index is -2.62. The van der Waals surface area contributed by atoms with Crippen molar-refractivity contribution in [1.82, 2.24) is 0 Å². The van der Waals surface area contributed by atoms with Crippen LogP contribution >= 0.6 is 0 Å². The molecule has 0 bridgehead atoms. The van der Waals surface area contributed by atoms with Crippen LogP contribution in [0.5, 0.6) is 0 Å². The van der Waals surface area contributed by atoms with E-state index < -0.39 is 8.32 Å². The molecule has 0 spiro atoms. The molecule has 0 unspecified atom stereocenters. The number of carbonyl (C=O) groups excluding carboxylic acids is 1. The maximum Gasteiger partial charge on any atom is 0.309 e. The van der Waals surface area contributed by atoms with Crippen LogP contribution < -0.4 is 10.4 Å². The normalized spacial score (nSPS) is 30.2. The first-order chi connectivity index (χ1) is 27.4. The van der Waals surface area contributed by atoms with E-state index in [0.717, 1.165) is 43.4 Å². The minimum absolute atomic E-state index is 0.0130. The van der Waals surface area contributed by atoms with Crippen molar-refractivity contribution >= 4 is 24.7 Å². The molecule has 0 aliphatic heterocycles.